The highest BCUT2D eigenvalue weighted by Gasteiger charge is 2.24. The van der Waals surface area contributed by atoms with Gasteiger partial charge in [0.25, 0.3) is 0 Å². The molecule has 0 bridgehead atoms. The fourth-order valence-corrected chi connectivity index (χ4v) is 3.64. The number of nitrogens with zero attached hydrogens (tertiary/aromatic N) is 1. The third kappa shape index (κ3) is 5.83. The summed E-state index contributed by atoms with van der Waals surface area (Å²) < 4.78 is 16.6. The van der Waals surface area contributed by atoms with Crippen molar-refractivity contribution in [2.24, 2.45) is 4.99 Å². The van der Waals surface area contributed by atoms with Crippen molar-refractivity contribution in [3.05, 3.63) is 99.7 Å². The number of carbonyl (C=O) groups is 2. The third-order valence-corrected chi connectivity index (χ3v) is 5.72. The summed E-state index contributed by atoms with van der Waals surface area (Å²) in [5, 5.41) is 0.575. The number of aliphatic imine (C=N–C) groups is 1. The van der Waals surface area contributed by atoms with Crippen LogP contribution in [0.2, 0.25) is 5.02 Å². The summed E-state index contributed by atoms with van der Waals surface area (Å²) in [7, 11) is 0. The molecule has 0 atom stereocenters. The summed E-state index contributed by atoms with van der Waals surface area (Å²) >= 11 is 5.92. The van der Waals surface area contributed by atoms with Gasteiger partial charge in [-0.2, -0.15) is 0 Å². The lowest BCUT2D eigenvalue weighted by molar-refractivity contribution is -0.129. The second-order valence-electron chi connectivity index (χ2n) is 9.20. The molecule has 0 spiro atoms. The quantitative estimate of drug-likeness (QED) is 0.215. The summed E-state index contributed by atoms with van der Waals surface area (Å²) in [6, 6.07) is 19.2. The standard InChI is InChI=1S/C29H26ClNO5/c1-5-34-25-17-18(16-23-28(33)36-26(31-23)19-9-13-22(30)14-10-19)6-15-24(25)35-27(32)20-7-11-21(12-8-20)29(2,3)4/h6-17H,5H2,1-4H3. The normalized spacial score (nSPS) is 14.4. The number of rotatable bonds is 6. The molecule has 0 aliphatic carbocycles. The monoisotopic (exact) mass is 503 g/mol. The van der Waals surface area contributed by atoms with Crippen LogP contribution in [0.1, 0.15) is 54.7 Å². The third-order valence-electron chi connectivity index (χ3n) is 5.47. The molecule has 4 rings (SSSR count). The van der Waals surface area contributed by atoms with E-state index < -0.39 is 11.9 Å². The minimum atomic E-state index is -0.563. The first kappa shape index (κ1) is 25.2. The second kappa shape index (κ2) is 10.4. The zero-order valence-corrected chi connectivity index (χ0v) is 21.3. The Morgan fingerprint density at radius 1 is 1.00 bits per heavy atom. The van der Waals surface area contributed by atoms with Crippen LogP contribution in [0.4, 0.5) is 0 Å². The fraction of sp³-hybridized carbons (Fsp3) is 0.207. The Hall–Kier alpha value is -3.90. The Bertz CT molecular complexity index is 1350. The van der Waals surface area contributed by atoms with Gasteiger partial charge in [0, 0.05) is 10.6 Å². The molecule has 0 fully saturated rings. The molecule has 3 aromatic rings. The average Bonchev–Trinajstić information content (AvgIpc) is 3.20. The van der Waals surface area contributed by atoms with Gasteiger partial charge in [-0.3, -0.25) is 0 Å². The molecule has 1 heterocycles. The predicted octanol–water partition coefficient (Wildman–Crippen LogP) is 6.60. The number of esters is 2. The Kier molecular flexibility index (Phi) is 7.27. The van der Waals surface area contributed by atoms with E-state index in [0.717, 1.165) is 5.56 Å². The lowest BCUT2D eigenvalue weighted by atomic mass is 9.87. The lowest BCUT2D eigenvalue weighted by Crippen LogP contribution is -2.13. The van der Waals surface area contributed by atoms with E-state index in [0.29, 0.717) is 34.1 Å². The largest absolute Gasteiger partial charge is 0.490 e. The van der Waals surface area contributed by atoms with Crippen LogP contribution < -0.4 is 9.47 Å². The van der Waals surface area contributed by atoms with Crippen molar-refractivity contribution >= 4 is 35.5 Å². The highest BCUT2D eigenvalue weighted by atomic mass is 35.5. The van der Waals surface area contributed by atoms with Crippen LogP contribution in [-0.4, -0.2) is 24.4 Å². The number of cyclic esters (lactones) is 1. The maximum atomic E-state index is 12.8. The Labute approximate surface area is 215 Å². The van der Waals surface area contributed by atoms with Gasteiger partial charge in [-0.05, 0) is 78.1 Å². The van der Waals surface area contributed by atoms with Gasteiger partial charge < -0.3 is 14.2 Å². The van der Waals surface area contributed by atoms with E-state index in [2.05, 4.69) is 25.8 Å². The zero-order chi connectivity index (χ0) is 25.9. The molecule has 1 aliphatic rings. The lowest BCUT2D eigenvalue weighted by Gasteiger charge is -2.19. The number of benzene rings is 3. The van der Waals surface area contributed by atoms with Gasteiger partial charge in [0.2, 0.25) is 5.90 Å². The fourth-order valence-electron chi connectivity index (χ4n) is 3.52. The van der Waals surface area contributed by atoms with Gasteiger partial charge in [0.15, 0.2) is 17.2 Å². The van der Waals surface area contributed by atoms with Crippen LogP contribution in [0, 0.1) is 0 Å². The van der Waals surface area contributed by atoms with Crippen LogP contribution in [0.5, 0.6) is 11.5 Å². The average molecular weight is 504 g/mol. The smallest absolute Gasteiger partial charge is 0.363 e. The molecule has 1 aliphatic heterocycles. The Morgan fingerprint density at radius 2 is 1.69 bits per heavy atom. The maximum Gasteiger partial charge on any atom is 0.363 e. The molecule has 0 saturated carbocycles. The van der Waals surface area contributed by atoms with Crippen molar-refractivity contribution in [3.63, 3.8) is 0 Å². The van der Waals surface area contributed by atoms with E-state index >= 15 is 0 Å². The number of hydrogen-bond donors (Lipinski definition) is 0. The van der Waals surface area contributed by atoms with Crippen LogP contribution >= 0.6 is 11.6 Å². The summed E-state index contributed by atoms with van der Waals surface area (Å²) in [5.74, 6) is -0.190. The van der Waals surface area contributed by atoms with E-state index in [1.807, 2.05) is 19.1 Å². The van der Waals surface area contributed by atoms with Crippen LogP contribution in [0.25, 0.3) is 6.08 Å². The molecule has 0 radical (unpaired) electrons. The minimum absolute atomic E-state index is 0.0136. The molecule has 0 N–H and O–H groups in total. The molecule has 0 saturated heterocycles. The van der Waals surface area contributed by atoms with E-state index in [4.69, 9.17) is 25.8 Å². The molecule has 3 aromatic carbocycles. The van der Waals surface area contributed by atoms with Gasteiger partial charge in [0.1, 0.15) is 0 Å². The van der Waals surface area contributed by atoms with Gasteiger partial charge in [0.05, 0.1) is 12.2 Å². The van der Waals surface area contributed by atoms with Crippen molar-refractivity contribution in [2.75, 3.05) is 6.61 Å². The summed E-state index contributed by atoms with van der Waals surface area (Å²) in [6.45, 7) is 8.53. The second-order valence-corrected chi connectivity index (χ2v) is 9.64. The minimum Gasteiger partial charge on any atom is -0.490 e. The van der Waals surface area contributed by atoms with E-state index in [9.17, 15) is 9.59 Å². The van der Waals surface area contributed by atoms with Gasteiger partial charge in [-0.1, -0.05) is 50.6 Å². The van der Waals surface area contributed by atoms with Crippen molar-refractivity contribution in [3.8, 4) is 11.5 Å². The first-order valence-corrected chi connectivity index (χ1v) is 11.9. The van der Waals surface area contributed by atoms with E-state index in [-0.39, 0.29) is 22.8 Å². The van der Waals surface area contributed by atoms with Gasteiger partial charge in [-0.25, -0.2) is 14.6 Å². The zero-order valence-electron chi connectivity index (χ0n) is 20.5. The van der Waals surface area contributed by atoms with Crippen molar-refractivity contribution in [2.45, 2.75) is 33.1 Å². The van der Waals surface area contributed by atoms with Gasteiger partial charge in [-0.15, -0.1) is 0 Å². The molecule has 0 amide bonds. The molecule has 184 valence electrons. The van der Waals surface area contributed by atoms with Crippen LogP contribution in [0.3, 0.4) is 0 Å². The summed E-state index contributed by atoms with van der Waals surface area (Å²) in [5.41, 5.74) is 2.98. The number of ether oxygens (including phenoxy) is 3. The summed E-state index contributed by atoms with van der Waals surface area (Å²) in [4.78, 5) is 29.4. The topological polar surface area (TPSA) is 74.2 Å². The van der Waals surface area contributed by atoms with E-state index in [1.165, 1.54) is 0 Å². The Balaban J connectivity index is 1.55. The molecule has 6 nitrogen and oxygen atoms in total. The first-order valence-electron chi connectivity index (χ1n) is 11.5. The first-order chi connectivity index (χ1) is 17.1. The number of halogens is 1. The van der Waals surface area contributed by atoms with E-state index in [1.54, 1.807) is 60.7 Å². The SMILES string of the molecule is CCOc1cc(C=C2N=C(c3ccc(Cl)cc3)OC2=O)ccc1OC(=O)c1ccc(C(C)(C)C)cc1. The number of hydrogen-bond acceptors (Lipinski definition) is 6. The highest BCUT2D eigenvalue weighted by Crippen LogP contribution is 2.31. The van der Waals surface area contributed by atoms with Crippen LogP contribution in [-0.2, 0) is 14.9 Å². The number of carbonyl (C=O) groups excluding carboxylic acids is 2. The van der Waals surface area contributed by atoms with Crippen molar-refractivity contribution < 1.29 is 23.8 Å². The van der Waals surface area contributed by atoms with Crippen LogP contribution in [0.15, 0.2) is 77.4 Å². The molecule has 7 heteroatoms. The highest BCUT2D eigenvalue weighted by molar-refractivity contribution is 6.30. The molecule has 0 aromatic heterocycles. The predicted molar refractivity (Wildman–Crippen MR) is 140 cm³/mol. The molecular weight excluding hydrogens is 478 g/mol. The molecule has 36 heavy (non-hydrogen) atoms. The van der Waals surface area contributed by atoms with Crippen molar-refractivity contribution in [1.82, 2.24) is 0 Å². The molecule has 0 unspecified atom stereocenters. The maximum absolute atomic E-state index is 12.8. The molecular formula is C29H26ClNO5. The Morgan fingerprint density at radius 3 is 2.33 bits per heavy atom. The summed E-state index contributed by atoms with van der Waals surface area (Å²) in [6.07, 6.45) is 1.59. The van der Waals surface area contributed by atoms with Gasteiger partial charge >= 0.3 is 11.9 Å². The van der Waals surface area contributed by atoms with Crippen molar-refractivity contribution in [1.29, 1.82) is 0 Å².